The van der Waals surface area contributed by atoms with Crippen LogP contribution in [0.25, 0.3) is 0 Å². The van der Waals surface area contributed by atoms with Crippen molar-refractivity contribution >= 4 is 32.4 Å². The van der Waals surface area contributed by atoms with Crippen molar-refractivity contribution < 1.29 is 13.2 Å². The Morgan fingerprint density at radius 2 is 2.22 bits per heavy atom. The van der Waals surface area contributed by atoms with E-state index in [-0.39, 0.29) is 21.9 Å². The molecule has 0 atom stereocenters. The summed E-state index contributed by atoms with van der Waals surface area (Å²) in [5.74, 6) is 2.08. The minimum atomic E-state index is -3.68. The largest absolute Gasteiger partial charge is 0.301 e. The Hall–Kier alpha value is -1.50. The lowest BCUT2D eigenvalue weighted by Gasteiger charge is -2.00. The molecule has 0 aromatic carbocycles. The monoisotopic (exact) mass is 288 g/mol. The van der Waals surface area contributed by atoms with Gasteiger partial charge in [0, 0.05) is 19.9 Å². The van der Waals surface area contributed by atoms with Crippen LogP contribution in [-0.4, -0.2) is 31.1 Å². The van der Waals surface area contributed by atoms with Gasteiger partial charge in [0.2, 0.25) is 15.4 Å². The van der Waals surface area contributed by atoms with Gasteiger partial charge in [-0.2, -0.15) is 0 Å². The molecular weight excluding hydrogens is 276 g/mol. The van der Waals surface area contributed by atoms with Crippen LogP contribution in [0.4, 0.5) is 5.13 Å². The lowest BCUT2D eigenvalue weighted by atomic mass is 10.3. The van der Waals surface area contributed by atoms with E-state index < -0.39 is 10.0 Å². The summed E-state index contributed by atoms with van der Waals surface area (Å²) in [6.45, 7) is 1.54. The van der Waals surface area contributed by atoms with E-state index >= 15 is 0 Å². The zero-order valence-corrected chi connectivity index (χ0v) is 11.3. The van der Waals surface area contributed by atoms with Gasteiger partial charge in [0.1, 0.15) is 0 Å². The number of unbranched alkanes of at least 4 members (excludes halogenated alkanes) is 1. The first-order valence-electron chi connectivity index (χ1n) is 5.00. The number of aromatic nitrogens is 2. The highest BCUT2D eigenvalue weighted by atomic mass is 32.2. The van der Waals surface area contributed by atoms with Gasteiger partial charge in [-0.1, -0.05) is 11.3 Å². The predicted octanol–water partition coefficient (Wildman–Crippen LogP) is 0.188. The minimum absolute atomic E-state index is 0.145. The Morgan fingerprint density at radius 1 is 1.50 bits per heavy atom. The molecule has 98 valence electrons. The predicted molar refractivity (Wildman–Crippen MR) is 67.5 cm³/mol. The molecule has 1 rings (SSSR count). The molecule has 1 heterocycles. The van der Waals surface area contributed by atoms with Crippen molar-refractivity contribution in [1.82, 2.24) is 14.9 Å². The second-order valence-corrected chi connectivity index (χ2v) is 6.18. The summed E-state index contributed by atoms with van der Waals surface area (Å²) in [6, 6.07) is 0. The third-order valence-corrected chi connectivity index (χ3v) is 4.38. The molecule has 0 fully saturated rings. The Kier molecular flexibility index (Phi) is 5.21. The lowest BCUT2D eigenvalue weighted by molar-refractivity contribution is -0.114. The van der Waals surface area contributed by atoms with E-state index in [9.17, 15) is 13.2 Å². The maximum atomic E-state index is 11.7. The van der Waals surface area contributed by atoms with Gasteiger partial charge in [-0.3, -0.25) is 4.79 Å². The molecule has 2 N–H and O–H groups in total. The fourth-order valence-electron chi connectivity index (χ4n) is 0.978. The SMILES string of the molecule is C#CCCCNS(=O)(=O)c1nnc(NC(C)=O)s1. The molecule has 7 nitrogen and oxygen atoms in total. The van der Waals surface area contributed by atoms with E-state index in [0.29, 0.717) is 12.8 Å². The fraction of sp³-hybridized carbons (Fsp3) is 0.444. The number of amides is 1. The summed E-state index contributed by atoms with van der Waals surface area (Å²) in [6.07, 6.45) is 6.10. The highest BCUT2D eigenvalue weighted by molar-refractivity contribution is 7.91. The highest BCUT2D eigenvalue weighted by Crippen LogP contribution is 2.19. The molecule has 1 amide bonds. The average molecular weight is 288 g/mol. The number of carbonyl (C=O) groups excluding carboxylic acids is 1. The standard InChI is InChI=1S/C9H12N4O3S2/c1-3-4-5-6-10-18(15,16)9-13-12-8(17-9)11-7(2)14/h1,10H,4-6H2,2H3,(H,11,12,14). The number of terminal acetylenes is 1. The highest BCUT2D eigenvalue weighted by Gasteiger charge is 2.19. The molecule has 0 unspecified atom stereocenters. The Labute approximate surface area is 109 Å². The second-order valence-electron chi connectivity index (χ2n) is 3.26. The normalized spacial score (nSPS) is 10.9. The number of nitrogens with one attached hydrogen (secondary N) is 2. The van der Waals surface area contributed by atoms with Crippen LogP contribution in [0.5, 0.6) is 0 Å². The summed E-state index contributed by atoms with van der Waals surface area (Å²) in [5.41, 5.74) is 0. The summed E-state index contributed by atoms with van der Waals surface area (Å²) < 4.78 is 25.6. The van der Waals surface area contributed by atoms with Gasteiger partial charge in [-0.25, -0.2) is 13.1 Å². The first-order chi connectivity index (χ1) is 8.45. The lowest BCUT2D eigenvalue weighted by Crippen LogP contribution is -2.24. The first kappa shape index (κ1) is 14.6. The maximum Gasteiger partial charge on any atom is 0.269 e. The smallest absolute Gasteiger partial charge is 0.269 e. The van der Waals surface area contributed by atoms with E-state index in [1.54, 1.807) is 0 Å². The van der Waals surface area contributed by atoms with Crippen LogP contribution >= 0.6 is 11.3 Å². The fourth-order valence-corrected chi connectivity index (χ4v) is 3.04. The van der Waals surface area contributed by atoms with E-state index in [2.05, 4.69) is 26.2 Å². The molecule has 0 saturated carbocycles. The Balaban J connectivity index is 2.65. The molecule has 0 aliphatic heterocycles. The van der Waals surface area contributed by atoms with Gasteiger partial charge >= 0.3 is 0 Å². The van der Waals surface area contributed by atoms with E-state index in [1.165, 1.54) is 6.92 Å². The third-order valence-electron chi connectivity index (χ3n) is 1.71. The van der Waals surface area contributed by atoms with Gasteiger partial charge in [-0.15, -0.1) is 22.5 Å². The van der Waals surface area contributed by atoms with Crippen LogP contribution in [0.3, 0.4) is 0 Å². The van der Waals surface area contributed by atoms with Crippen LogP contribution in [-0.2, 0) is 14.8 Å². The van der Waals surface area contributed by atoms with Gasteiger partial charge < -0.3 is 5.32 Å². The molecule has 0 spiro atoms. The van der Waals surface area contributed by atoms with Crippen LogP contribution in [0, 0.1) is 12.3 Å². The number of anilines is 1. The second kappa shape index (κ2) is 6.44. The molecule has 0 aliphatic carbocycles. The molecule has 1 aromatic rings. The van der Waals surface area contributed by atoms with E-state index in [0.717, 1.165) is 11.3 Å². The number of rotatable bonds is 6. The summed E-state index contributed by atoms with van der Waals surface area (Å²) in [4.78, 5) is 10.8. The Bertz CT molecular complexity index is 559. The molecule has 0 bridgehead atoms. The molecular formula is C9H12N4O3S2. The van der Waals surface area contributed by atoms with Crippen molar-refractivity contribution in [2.45, 2.75) is 24.1 Å². The van der Waals surface area contributed by atoms with Gasteiger partial charge in [0.15, 0.2) is 0 Å². The summed E-state index contributed by atoms with van der Waals surface area (Å²) in [7, 11) is -3.68. The van der Waals surface area contributed by atoms with Crippen molar-refractivity contribution in [3.63, 3.8) is 0 Å². The van der Waals surface area contributed by atoms with Crippen molar-refractivity contribution in [1.29, 1.82) is 0 Å². The van der Waals surface area contributed by atoms with Crippen LogP contribution in [0.1, 0.15) is 19.8 Å². The third kappa shape index (κ3) is 4.40. The molecule has 9 heteroatoms. The number of hydrogen-bond donors (Lipinski definition) is 2. The van der Waals surface area contributed by atoms with Crippen LogP contribution < -0.4 is 10.0 Å². The van der Waals surface area contributed by atoms with E-state index in [1.807, 2.05) is 0 Å². The number of sulfonamides is 1. The van der Waals surface area contributed by atoms with Gasteiger partial charge in [-0.05, 0) is 6.42 Å². The quantitative estimate of drug-likeness (QED) is 0.442. The topological polar surface area (TPSA) is 101 Å². The van der Waals surface area contributed by atoms with Crippen molar-refractivity contribution in [2.75, 3.05) is 11.9 Å². The first-order valence-corrected chi connectivity index (χ1v) is 7.30. The number of carbonyl (C=O) groups is 1. The zero-order valence-electron chi connectivity index (χ0n) is 9.63. The summed E-state index contributed by atoms with van der Waals surface area (Å²) >= 11 is 0.787. The van der Waals surface area contributed by atoms with Gasteiger partial charge in [0.05, 0.1) is 0 Å². The van der Waals surface area contributed by atoms with Crippen molar-refractivity contribution in [3.8, 4) is 12.3 Å². The molecule has 0 radical (unpaired) electrons. The van der Waals surface area contributed by atoms with Crippen molar-refractivity contribution in [3.05, 3.63) is 0 Å². The molecule has 0 saturated heterocycles. The van der Waals surface area contributed by atoms with Crippen LogP contribution in [0.15, 0.2) is 4.34 Å². The number of nitrogens with zero attached hydrogens (tertiary/aromatic N) is 2. The Morgan fingerprint density at radius 3 is 2.83 bits per heavy atom. The van der Waals surface area contributed by atoms with Crippen LogP contribution in [0.2, 0.25) is 0 Å². The minimum Gasteiger partial charge on any atom is -0.301 e. The number of hydrogen-bond acceptors (Lipinski definition) is 6. The zero-order chi connectivity index (χ0) is 13.6. The average Bonchev–Trinajstić information content (AvgIpc) is 2.73. The summed E-state index contributed by atoms with van der Waals surface area (Å²) in [5, 5.41) is 9.56. The molecule has 1 aromatic heterocycles. The molecule has 18 heavy (non-hydrogen) atoms. The maximum absolute atomic E-state index is 11.7. The van der Waals surface area contributed by atoms with E-state index in [4.69, 9.17) is 6.42 Å². The van der Waals surface area contributed by atoms with Gasteiger partial charge in [0.25, 0.3) is 10.0 Å². The van der Waals surface area contributed by atoms with Crippen molar-refractivity contribution in [2.24, 2.45) is 0 Å². The molecule has 0 aliphatic rings.